The third-order valence-electron chi connectivity index (χ3n) is 3.76. The molecule has 2 rings (SSSR count). The molecular formula is C14H20O2. The molecule has 2 N–H and O–H groups in total. The van der Waals surface area contributed by atoms with Crippen LogP contribution in [-0.4, -0.2) is 15.8 Å². The predicted molar refractivity (Wildman–Crippen MR) is 64.8 cm³/mol. The summed E-state index contributed by atoms with van der Waals surface area (Å²) in [6.07, 6.45) is 1.69. The van der Waals surface area contributed by atoms with Crippen molar-refractivity contribution in [3.63, 3.8) is 0 Å². The lowest BCUT2D eigenvalue weighted by molar-refractivity contribution is 0.123. The van der Waals surface area contributed by atoms with E-state index in [0.29, 0.717) is 11.7 Å². The Morgan fingerprint density at radius 2 is 1.69 bits per heavy atom. The van der Waals surface area contributed by atoms with Crippen LogP contribution in [0.2, 0.25) is 0 Å². The van der Waals surface area contributed by atoms with Crippen molar-refractivity contribution >= 4 is 0 Å². The van der Waals surface area contributed by atoms with Gasteiger partial charge in [-0.1, -0.05) is 39.0 Å². The summed E-state index contributed by atoms with van der Waals surface area (Å²) in [6.45, 7) is 6.12. The Morgan fingerprint density at radius 3 is 2.19 bits per heavy atom. The van der Waals surface area contributed by atoms with Crippen LogP contribution >= 0.6 is 0 Å². The van der Waals surface area contributed by atoms with Crippen LogP contribution in [0.15, 0.2) is 18.2 Å². The third kappa shape index (κ3) is 1.82. The summed E-state index contributed by atoms with van der Waals surface area (Å²) >= 11 is 0. The zero-order valence-corrected chi connectivity index (χ0v) is 10.2. The molecule has 1 aliphatic rings. The van der Waals surface area contributed by atoms with Gasteiger partial charge in [0.05, 0.1) is 5.60 Å². The highest BCUT2D eigenvalue weighted by Crippen LogP contribution is 2.49. The van der Waals surface area contributed by atoms with Crippen molar-refractivity contribution in [2.75, 3.05) is 0 Å². The topological polar surface area (TPSA) is 40.5 Å². The van der Waals surface area contributed by atoms with Gasteiger partial charge in [-0.25, -0.2) is 0 Å². The van der Waals surface area contributed by atoms with Gasteiger partial charge in [-0.05, 0) is 29.9 Å². The van der Waals surface area contributed by atoms with Gasteiger partial charge in [0.25, 0.3) is 0 Å². The van der Waals surface area contributed by atoms with E-state index in [1.54, 1.807) is 0 Å². The molecule has 1 atom stereocenters. The van der Waals surface area contributed by atoms with Gasteiger partial charge in [-0.2, -0.15) is 0 Å². The lowest BCUT2D eigenvalue weighted by atomic mass is 9.89. The molecule has 88 valence electrons. The maximum Gasteiger partial charge on any atom is 0.122 e. The molecular weight excluding hydrogens is 200 g/mol. The van der Waals surface area contributed by atoms with E-state index in [4.69, 9.17) is 0 Å². The molecule has 0 radical (unpaired) electrons. The lowest BCUT2D eigenvalue weighted by Gasteiger charge is -2.21. The summed E-state index contributed by atoms with van der Waals surface area (Å²) in [5.74, 6) is 0.692. The van der Waals surface area contributed by atoms with Gasteiger partial charge in [0.2, 0.25) is 0 Å². The first-order valence-corrected chi connectivity index (χ1v) is 6.00. The van der Waals surface area contributed by atoms with Crippen LogP contribution < -0.4 is 0 Å². The van der Waals surface area contributed by atoms with Gasteiger partial charge in [0.15, 0.2) is 0 Å². The molecule has 0 bridgehead atoms. The first kappa shape index (κ1) is 11.5. The van der Waals surface area contributed by atoms with Gasteiger partial charge in [0.1, 0.15) is 5.75 Å². The summed E-state index contributed by atoms with van der Waals surface area (Å²) in [4.78, 5) is 0. The van der Waals surface area contributed by atoms with Gasteiger partial charge in [-0.3, -0.25) is 0 Å². The van der Waals surface area contributed by atoms with Crippen molar-refractivity contribution in [3.05, 3.63) is 29.3 Å². The van der Waals surface area contributed by atoms with E-state index in [2.05, 4.69) is 13.8 Å². The molecule has 1 saturated carbocycles. The number of aliphatic hydroxyl groups is 1. The highest BCUT2D eigenvalue weighted by molar-refractivity contribution is 5.45. The van der Waals surface area contributed by atoms with Gasteiger partial charge in [-0.15, -0.1) is 0 Å². The zero-order valence-electron chi connectivity index (χ0n) is 10.2. The molecule has 1 aromatic rings. The Balaban J connectivity index is 2.38. The first-order chi connectivity index (χ1) is 7.46. The fourth-order valence-electron chi connectivity index (χ4n) is 2.25. The Hall–Kier alpha value is -1.02. The molecule has 0 spiro atoms. The summed E-state index contributed by atoms with van der Waals surface area (Å²) in [7, 11) is 0. The molecule has 0 amide bonds. The second kappa shape index (κ2) is 3.77. The number of phenols is 1. The van der Waals surface area contributed by atoms with Crippen LogP contribution in [0.1, 0.15) is 56.6 Å². The number of phenolic OH excluding ortho intramolecular Hbond substituents is 1. The first-order valence-electron chi connectivity index (χ1n) is 6.00. The number of para-hydroxylation sites is 1. The standard InChI is InChI=1S/C14H20O2/c1-9(2)11-5-4-6-12(13(11)15)10(3)14(16)7-8-14/h4-6,9-10,15-16H,7-8H2,1-3H3. The lowest BCUT2D eigenvalue weighted by Crippen LogP contribution is -2.17. The fourth-order valence-corrected chi connectivity index (χ4v) is 2.25. The molecule has 0 saturated heterocycles. The summed E-state index contributed by atoms with van der Waals surface area (Å²) in [6, 6.07) is 5.84. The van der Waals surface area contributed by atoms with Crippen molar-refractivity contribution < 1.29 is 10.2 Å². The minimum atomic E-state index is -0.576. The molecule has 1 aliphatic carbocycles. The minimum absolute atomic E-state index is 0.0196. The highest BCUT2D eigenvalue weighted by atomic mass is 16.3. The van der Waals surface area contributed by atoms with E-state index < -0.39 is 5.60 Å². The van der Waals surface area contributed by atoms with Gasteiger partial charge < -0.3 is 10.2 Å². The van der Waals surface area contributed by atoms with Crippen LogP contribution in [-0.2, 0) is 0 Å². The maximum absolute atomic E-state index is 10.2. The van der Waals surface area contributed by atoms with Crippen LogP contribution in [0.5, 0.6) is 5.75 Å². The number of rotatable bonds is 3. The molecule has 2 heteroatoms. The molecule has 1 unspecified atom stereocenters. The SMILES string of the molecule is CC(C)c1cccc(C(C)C2(O)CC2)c1O. The van der Waals surface area contributed by atoms with Crippen LogP contribution in [0, 0.1) is 0 Å². The average molecular weight is 220 g/mol. The fraction of sp³-hybridized carbons (Fsp3) is 0.571. The van der Waals surface area contributed by atoms with Crippen LogP contribution in [0.4, 0.5) is 0 Å². The number of hydrogen-bond acceptors (Lipinski definition) is 2. The van der Waals surface area contributed by atoms with E-state index >= 15 is 0 Å². The van der Waals surface area contributed by atoms with E-state index in [9.17, 15) is 10.2 Å². The molecule has 0 aromatic heterocycles. The third-order valence-corrected chi connectivity index (χ3v) is 3.76. The van der Waals surface area contributed by atoms with Gasteiger partial charge in [0, 0.05) is 5.92 Å². The zero-order chi connectivity index (χ0) is 11.9. The monoisotopic (exact) mass is 220 g/mol. The average Bonchev–Trinajstić information content (AvgIpc) is 2.97. The van der Waals surface area contributed by atoms with Crippen molar-refractivity contribution in [1.29, 1.82) is 0 Å². The predicted octanol–water partition coefficient (Wildman–Crippen LogP) is 3.14. The normalized spacial score (nSPS) is 19.8. The molecule has 1 aromatic carbocycles. The smallest absolute Gasteiger partial charge is 0.122 e. The highest BCUT2D eigenvalue weighted by Gasteiger charge is 2.46. The molecule has 0 heterocycles. The van der Waals surface area contributed by atoms with Crippen molar-refractivity contribution in [2.24, 2.45) is 0 Å². The van der Waals surface area contributed by atoms with Crippen molar-refractivity contribution in [3.8, 4) is 5.75 Å². The van der Waals surface area contributed by atoms with Crippen molar-refractivity contribution in [2.45, 2.75) is 51.0 Å². The van der Waals surface area contributed by atoms with Crippen molar-refractivity contribution in [1.82, 2.24) is 0 Å². The Morgan fingerprint density at radius 1 is 1.12 bits per heavy atom. The van der Waals surface area contributed by atoms with Crippen LogP contribution in [0.3, 0.4) is 0 Å². The van der Waals surface area contributed by atoms with Gasteiger partial charge >= 0.3 is 0 Å². The number of hydrogen-bond donors (Lipinski definition) is 2. The molecule has 0 aliphatic heterocycles. The van der Waals surface area contributed by atoms with E-state index in [0.717, 1.165) is 24.0 Å². The summed E-state index contributed by atoms with van der Waals surface area (Å²) in [5.41, 5.74) is 1.27. The van der Waals surface area contributed by atoms with Crippen LogP contribution in [0.25, 0.3) is 0 Å². The molecule has 16 heavy (non-hydrogen) atoms. The quantitative estimate of drug-likeness (QED) is 0.821. The molecule has 2 nitrogen and oxygen atoms in total. The minimum Gasteiger partial charge on any atom is -0.507 e. The largest absolute Gasteiger partial charge is 0.507 e. The van der Waals surface area contributed by atoms with E-state index in [1.165, 1.54) is 0 Å². The van der Waals surface area contributed by atoms with E-state index in [-0.39, 0.29) is 5.92 Å². The second-order valence-electron chi connectivity index (χ2n) is 5.27. The Labute approximate surface area is 96.9 Å². The number of aromatic hydroxyl groups is 1. The Kier molecular flexibility index (Phi) is 2.70. The molecule has 1 fully saturated rings. The summed E-state index contributed by atoms with van der Waals surface area (Å²) in [5, 5.41) is 20.3. The number of benzene rings is 1. The summed E-state index contributed by atoms with van der Waals surface area (Å²) < 4.78 is 0. The van der Waals surface area contributed by atoms with E-state index in [1.807, 2.05) is 25.1 Å². The second-order valence-corrected chi connectivity index (χ2v) is 5.27. The Bertz CT molecular complexity index is 392. The maximum atomic E-state index is 10.2.